The van der Waals surface area contributed by atoms with Crippen molar-refractivity contribution >= 4 is 78.6 Å². The van der Waals surface area contributed by atoms with E-state index >= 15 is 0 Å². The van der Waals surface area contributed by atoms with Gasteiger partial charge in [-0.25, -0.2) is 0 Å². The van der Waals surface area contributed by atoms with Crippen LogP contribution in [0.1, 0.15) is 46.5 Å². The molecule has 0 bridgehead atoms. The predicted molar refractivity (Wildman–Crippen MR) is 202 cm³/mol. The largest absolute Gasteiger partial charge is 0.480 e. The summed E-state index contributed by atoms with van der Waals surface area (Å²) in [7, 11) is 0. The van der Waals surface area contributed by atoms with Crippen molar-refractivity contribution in [3.63, 3.8) is 0 Å². The van der Waals surface area contributed by atoms with Crippen LogP contribution in [0, 0.1) is 5.92 Å². The molecule has 24 heteroatoms. The van der Waals surface area contributed by atoms with E-state index in [0.29, 0.717) is 6.42 Å². The Morgan fingerprint density at radius 3 is 1.53 bits per heavy atom. The summed E-state index contributed by atoms with van der Waals surface area (Å²) in [5.41, 5.74) is 27.3. The van der Waals surface area contributed by atoms with E-state index in [4.69, 9.17) is 33.8 Å². The summed E-state index contributed by atoms with van der Waals surface area (Å²) >= 11 is 8.15. The lowest BCUT2D eigenvalue weighted by molar-refractivity contribution is -0.138. The number of nitrogens with zero attached hydrogens (tertiary/aromatic N) is 2. The number of amides is 6. The Morgan fingerprint density at radius 2 is 1.06 bits per heavy atom. The zero-order chi connectivity index (χ0) is 40.8. The summed E-state index contributed by atoms with van der Waals surface area (Å²) in [5.74, 6) is -7.67. The normalized spacial score (nSPS) is 14.8. The third kappa shape index (κ3) is 19.7. The van der Waals surface area contributed by atoms with Gasteiger partial charge in [0.15, 0.2) is 11.9 Å². The first-order valence-electron chi connectivity index (χ1n) is 16.5. The number of carbonyl (C=O) groups excluding carboxylic acids is 6. The van der Waals surface area contributed by atoms with Crippen molar-refractivity contribution in [3.05, 3.63) is 0 Å². The monoisotopic (exact) mass is 793 g/mol. The fourth-order valence-electron chi connectivity index (χ4n) is 4.35. The highest BCUT2D eigenvalue weighted by molar-refractivity contribution is 7.80. The van der Waals surface area contributed by atoms with Crippen molar-refractivity contribution in [2.45, 2.75) is 88.8 Å². The lowest BCUT2D eigenvalue weighted by atomic mass is 10.0. The van der Waals surface area contributed by atoms with Gasteiger partial charge in [0.1, 0.15) is 36.8 Å². The minimum absolute atomic E-state index is 0.0217. The highest BCUT2D eigenvalue weighted by Crippen LogP contribution is 2.08. The van der Waals surface area contributed by atoms with Crippen LogP contribution in [0.15, 0.2) is 9.98 Å². The van der Waals surface area contributed by atoms with Gasteiger partial charge in [0.2, 0.25) is 35.4 Å². The Morgan fingerprint density at radius 1 is 0.623 bits per heavy atom. The smallest absolute Gasteiger partial charge is 0.322 e. The number of guanidine groups is 2. The minimum Gasteiger partial charge on any atom is -0.480 e. The second-order valence-corrected chi connectivity index (χ2v) is 12.9. The molecule has 53 heavy (non-hydrogen) atoms. The van der Waals surface area contributed by atoms with E-state index in [9.17, 15) is 38.7 Å². The average molecular weight is 794 g/mol. The number of carboxylic acids is 1. The van der Waals surface area contributed by atoms with Crippen LogP contribution in [0.4, 0.5) is 0 Å². The number of hydrogen-bond donors (Lipinski definition) is 15. The van der Waals surface area contributed by atoms with Crippen LogP contribution in [-0.2, 0) is 33.6 Å². The molecular formula is C29H55N13O9S2. The number of rotatable bonds is 25. The van der Waals surface area contributed by atoms with Gasteiger partial charge in [-0.05, 0) is 38.5 Å². The predicted octanol–water partition coefficient (Wildman–Crippen LogP) is -6.06. The number of thiol groups is 2. The van der Waals surface area contributed by atoms with Crippen LogP contribution < -0.4 is 60.6 Å². The molecule has 0 aliphatic carbocycles. The molecule has 22 nitrogen and oxygen atoms in total. The molecule has 0 aromatic carbocycles. The molecule has 0 fully saturated rings. The SMILES string of the molecule is CC(C)C(NC(=O)C(CCCN=C(N)N)NC(=O)C(CS)NC(=O)C(N)CCCN=C(N)N)C(=O)NC(C(=O)NC(CS)C(=O)NCC(=O)O)C(C)O. The lowest BCUT2D eigenvalue weighted by Crippen LogP contribution is -2.62. The van der Waals surface area contributed by atoms with Gasteiger partial charge in [-0.1, -0.05) is 13.8 Å². The number of aliphatic hydroxyl groups is 1. The highest BCUT2D eigenvalue weighted by atomic mass is 32.1. The van der Waals surface area contributed by atoms with Gasteiger partial charge in [0.05, 0.1) is 12.1 Å². The van der Waals surface area contributed by atoms with Crippen molar-refractivity contribution in [2.75, 3.05) is 31.1 Å². The van der Waals surface area contributed by atoms with E-state index in [-0.39, 0.29) is 55.8 Å². The quantitative estimate of drug-likeness (QED) is 0.0177. The number of aliphatic imine (C=N–C) groups is 2. The maximum atomic E-state index is 13.6. The number of hydrogen-bond acceptors (Lipinski definition) is 13. The molecule has 0 saturated heterocycles. The molecule has 0 saturated carbocycles. The van der Waals surface area contributed by atoms with E-state index in [1.165, 1.54) is 6.92 Å². The zero-order valence-corrected chi connectivity index (χ0v) is 31.7. The maximum absolute atomic E-state index is 13.6. The summed E-state index contributed by atoms with van der Waals surface area (Å²) in [5, 5.41) is 33.5. The van der Waals surface area contributed by atoms with Gasteiger partial charge >= 0.3 is 5.97 Å². The molecule has 0 aromatic heterocycles. The van der Waals surface area contributed by atoms with E-state index in [0.717, 1.165) is 0 Å². The average Bonchev–Trinajstić information content (AvgIpc) is 3.08. The Labute approximate surface area is 318 Å². The number of nitrogens with two attached hydrogens (primary N) is 5. The molecule has 0 aromatic rings. The molecule has 0 spiro atoms. The number of carbonyl (C=O) groups is 7. The summed E-state index contributed by atoms with van der Waals surface area (Å²) in [6.45, 7) is 3.98. The Bertz CT molecular complexity index is 1310. The summed E-state index contributed by atoms with van der Waals surface area (Å²) in [6.07, 6.45) is -0.728. The number of aliphatic carboxylic acids is 1. The number of nitrogens with one attached hydrogen (secondary N) is 6. The van der Waals surface area contributed by atoms with Crippen molar-refractivity contribution in [3.8, 4) is 0 Å². The van der Waals surface area contributed by atoms with Gasteiger partial charge in [-0.3, -0.25) is 43.5 Å². The van der Waals surface area contributed by atoms with Crippen molar-refractivity contribution in [2.24, 2.45) is 44.6 Å². The molecule has 7 atom stereocenters. The third-order valence-corrected chi connectivity index (χ3v) is 7.97. The molecule has 18 N–H and O–H groups in total. The standard InChI is InChI=1S/C29H55N13O9S2/c1-13(2)20(26(50)42-21(14(3)43)27(51)40-17(11-52)23(47)37-10-19(44)45)41-24(48)16(7-5-9-36-29(33)34)38-25(49)18(12-53)39-22(46)15(30)6-4-8-35-28(31)32/h13-18,20-21,43,52-53H,4-12,30H2,1-3H3,(H,37,47)(H,38,49)(H,39,46)(H,40,51)(H,41,48)(H,42,50)(H,44,45)(H4,31,32,35)(H4,33,34,36). The summed E-state index contributed by atoms with van der Waals surface area (Å²) in [4.78, 5) is 96.9. The number of aliphatic hydroxyl groups excluding tert-OH is 1. The van der Waals surface area contributed by atoms with Crippen LogP contribution in [0.5, 0.6) is 0 Å². The lowest BCUT2D eigenvalue weighted by Gasteiger charge is -2.29. The first-order chi connectivity index (χ1) is 24.7. The Balaban J connectivity index is 5.94. The summed E-state index contributed by atoms with van der Waals surface area (Å²) < 4.78 is 0. The summed E-state index contributed by atoms with van der Waals surface area (Å²) in [6, 6.07) is -7.76. The second-order valence-electron chi connectivity index (χ2n) is 12.1. The van der Waals surface area contributed by atoms with Crippen LogP contribution in [-0.4, -0.2) is 137 Å². The fraction of sp³-hybridized carbons (Fsp3) is 0.690. The maximum Gasteiger partial charge on any atom is 0.322 e. The van der Waals surface area contributed by atoms with Crippen LogP contribution in [0.25, 0.3) is 0 Å². The molecule has 0 aliphatic heterocycles. The molecular weight excluding hydrogens is 739 g/mol. The second kappa shape index (κ2) is 25.4. The zero-order valence-electron chi connectivity index (χ0n) is 29.9. The van der Waals surface area contributed by atoms with Gasteiger partial charge < -0.3 is 70.8 Å². The van der Waals surface area contributed by atoms with Gasteiger partial charge in [-0.2, -0.15) is 25.3 Å². The van der Waals surface area contributed by atoms with Crippen LogP contribution >= 0.6 is 25.3 Å². The van der Waals surface area contributed by atoms with Crippen LogP contribution in [0.2, 0.25) is 0 Å². The third-order valence-electron chi connectivity index (χ3n) is 7.24. The number of carboxylic acid groups (broad SMARTS) is 1. The van der Waals surface area contributed by atoms with Gasteiger partial charge in [-0.15, -0.1) is 0 Å². The van der Waals surface area contributed by atoms with E-state index < -0.39 is 96.2 Å². The molecule has 302 valence electrons. The highest BCUT2D eigenvalue weighted by Gasteiger charge is 2.35. The van der Waals surface area contributed by atoms with Gasteiger partial charge in [0.25, 0.3) is 0 Å². The molecule has 0 aliphatic rings. The van der Waals surface area contributed by atoms with Gasteiger partial charge in [0, 0.05) is 24.6 Å². The van der Waals surface area contributed by atoms with Crippen molar-refractivity contribution in [1.82, 2.24) is 31.9 Å². The van der Waals surface area contributed by atoms with E-state index in [1.54, 1.807) is 13.8 Å². The molecule has 7 unspecified atom stereocenters. The van der Waals surface area contributed by atoms with E-state index in [1.807, 2.05) is 0 Å². The van der Waals surface area contributed by atoms with Crippen LogP contribution in [0.3, 0.4) is 0 Å². The Hall–Kier alpha value is -4.55. The fourth-order valence-corrected chi connectivity index (χ4v) is 4.86. The van der Waals surface area contributed by atoms with E-state index in [2.05, 4.69) is 67.1 Å². The topological polar surface area (TPSA) is 387 Å². The molecule has 0 heterocycles. The Kier molecular flexibility index (Phi) is 23.2. The molecule has 0 rings (SSSR count). The van der Waals surface area contributed by atoms with Crippen molar-refractivity contribution in [1.29, 1.82) is 0 Å². The van der Waals surface area contributed by atoms with Crippen molar-refractivity contribution < 1.29 is 43.8 Å². The first-order valence-corrected chi connectivity index (χ1v) is 17.8. The molecule has 6 amide bonds. The molecule has 0 radical (unpaired) electrons. The first kappa shape index (κ1) is 48.4. The minimum atomic E-state index is -1.62.